The lowest BCUT2D eigenvalue weighted by Crippen LogP contribution is -2.39. The second-order valence-corrected chi connectivity index (χ2v) is 6.02. The number of hydrogen-bond acceptors (Lipinski definition) is 5. The lowest BCUT2D eigenvalue weighted by Gasteiger charge is -2.20. The summed E-state index contributed by atoms with van der Waals surface area (Å²) in [5, 5.41) is 9.65. The molecule has 7 heteroatoms. The lowest BCUT2D eigenvalue weighted by atomic mass is 10.2. The molecule has 1 fully saturated rings. The van der Waals surface area contributed by atoms with Crippen LogP contribution in [0.3, 0.4) is 0 Å². The van der Waals surface area contributed by atoms with Crippen LogP contribution in [0.2, 0.25) is 5.02 Å². The van der Waals surface area contributed by atoms with Gasteiger partial charge in [-0.15, -0.1) is 0 Å². The first-order valence-electron chi connectivity index (χ1n) is 7.66. The number of nitrogens with zero attached hydrogens (tertiary/aromatic N) is 1. The molecule has 0 aliphatic carbocycles. The van der Waals surface area contributed by atoms with Crippen LogP contribution in [0.4, 0.5) is 4.79 Å². The number of benzene rings is 2. The molecule has 0 radical (unpaired) electrons. The first-order chi connectivity index (χ1) is 12.0. The highest BCUT2D eigenvalue weighted by molar-refractivity contribution is 6.32. The van der Waals surface area contributed by atoms with Crippen molar-refractivity contribution in [2.24, 2.45) is 0 Å². The Labute approximate surface area is 149 Å². The molecule has 0 unspecified atom stereocenters. The van der Waals surface area contributed by atoms with Gasteiger partial charge < -0.3 is 14.6 Å². The monoisotopic (exact) mass is 367 g/mol. The molecule has 1 aliphatic rings. The molecule has 1 aliphatic heterocycles. The van der Waals surface area contributed by atoms with Crippen molar-refractivity contribution in [1.82, 2.24) is 4.90 Å². The van der Waals surface area contributed by atoms with Crippen molar-refractivity contribution in [3.8, 4) is 5.75 Å². The van der Waals surface area contributed by atoms with Crippen LogP contribution in [-0.2, 0) is 27.3 Å². The smallest absolute Gasteiger partial charge is 0.413 e. The fourth-order valence-electron chi connectivity index (χ4n) is 2.52. The van der Waals surface area contributed by atoms with Gasteiger partial charge in [0.05, 0.1) is 5.02 Å². The van der Waals surface area contributed by atoms with Crippen molar-refractivity contribution in [3.05, 3.63) is 64.7 Å². The number of ether oxygens (including phenoxy) is 2. The van der Waals surface area contributed by atoms with Crippen molar-refractivity contribution in [2.75, 3.05) is 6.73 Å². The third-order valence-corrected chi connectivity index (χ3v) is 4.18. The summed E-state index contributed by atoms with van der Waals surface area (Å²) in [6, 6.07) is 13.1. The maximum Gasteiger partial charge on any atom is 0.413 e. The fraction of sp³-hybridized carbons (Fsp3) is 0.222. The van der Waals surface area contributed by atoms with Crippen molar-refractivity contribution in [3.63, 3.8) is 0 Å². The molecule has 2 aromatic rings. The number of amides is 1. The van der Waals surface area contributed by atoms with Gasteiger partial charge in [0.1, 0.15) is 18.4 Å². The van der Waals surface area contributed by atoms with Gasteiger partial charge in [-0.3, -0.25) is 4.90 Å². The van der Waals surface area contributed by atoms with Crippen LogP contribution in [-0.4, -0.2) is 34.8 Å². The largest absolute Gasteiger partial charge is 0.506 e. The number of cyclic esters (lactones) is 1. The van der Waals surface area contributed by atoms with Crippen LogP contribution in [0, 0.1) is 0 Å². The van der Waals surface area contributed by atoms with E-state index >= 15 is 0 Å². The van der Waals surface area contributed by atoms with Crippen LogP contribution in [0.5, 0.6) is 5.75 Å². The Balaban J connectivity index is 1.66. The van der Waals surface area contributed by atoms with E-state index in [1.807, 2.05) is 30.3 Å². The first-order valence-corrected chi connectivity index (χ1v) is 8.04. The molecule has 0 saturated carbocycles. The summed E-state index contributed by atoms with van der Waals surface area (Å²) in [7, 11) is 0. The molecule has 25 heavy (non-hydrogen) atoms. The summed E-state index contributed by atoms with van der Waals surface area (Å²) in [5.74, 6) is -0.542. The van der Waals surface area contributed by atoms with Crippen LogP contribution in [0.15, 0.2) is 48.5 Å². The number of hydrogen-bond donors (Lipinski definition) is 1. The minimum absolute atomic E-state index is 0.0430. The average molecular weight is 368 g/mol. The summed E-state index contributed by atoms with van der Waals surface area (Å²) in [5.41, 5.74) is 1.55. The van der Waals surface area contributed by atoms with Crippen LogP contribution >= 0.6 is 11.6 Å². The SMILES string of the molecule is O=C1OCN(C(=O)OCc2ccccc2)[C@H]1C[13c]1[13cH][13cH][13c](O)[13c](Cl)[13cH]1. The zero-order chi connectivity index (χ0) is 17.8. The Kier molecular flexibility index (Phi) is 5.09. The highest BCUT2D eigenvalue weighted by atomic mass is 35.5. The van der Waals surface area contributed by atoms with E-state index in [1.165, 1.54) is 11.0 Å². The van der Waals surface area contributed by atoms with E-state index in [1.54, 1.807) is 12.1 Å². The molecule has 1 N–H and O–H groups in total. The predicted octanol–water partition coefficient (Wildman–Crippen LogP) is 3.11. The summed E-state index contributed by atoms with van der Waals surface area (Å²) in [6.07, 6.45) is -0.399. The van der Waals surface area contributed by atoms with E-state index in [0.29, 0.717) is 5.56 Å². The molecule has 130 valence electrons. The lowest BCUT2D eigenvalue weighted by molar-refractivity contribution is -0.139. The topological polar surface area (TPSA) is 76.1 Å². The molecule has 1 amide bonds. The molecule has 0 aromatic heterocycles. The molecule has 6 nitrogen and oxygen atoms in total. The maximum absolute atomic E-state index is 12.3. The number of halogens is 1. The zero-order valence-electron chi connectivity index (χ0n) is 13.2. The van der Waals surface area contributed by atoms with E-state index < -0.39 is 18.1 Å². The minimum atomic E-state index is -0.788. The number of carbonyl (C=O) groups is 2. The van der Waals surface area contributed by atoms with E-state index in [2.05, 4.69) is 0 Å². The van der Waals surface area contributed by atoms with Gasteiger partial charge in [-0.05, 0) is 23.3 Å². The number of aromatic hydroxyl groups is 1. The summed E-state index contributed by atoms with van der Waals surface area (Å²) >= 11 is 5.88. The van der Waals surface area contributed by atoms with Gasteiger partial charge in [-0.25, -0.2) is 9.59 Å². The Hall–Kier alpha value is -2.73. The predicted molar refractivity (Wildman–Crippen MR) is 90.0 cm³/mol. The van der Waals surface area contributed by atoms with Crippen molar-refractivity contribution in [1.29, 1.82) is 0 Å². The molecule has 2 aromatic carbocycles. The number of phenolic OH excluding ortho intramolecular Hbond substituents is 1. The van der Waals surface area contributed by atoms with E-state index in [0.717, 1.165) is 5.56 Å². The quantitative estimate of drug-likeness (QED) is 0.840. The Morgan fingerprint density at radius 3 is 2.72 bits per heavy atom. The highest BCUT2D eigenvalue weighted by Crippen LogP contribution is 2.26. The van der Waals surface area contributed by atoms with E-state index in [-0.39, 0.29) is 30.5 Å². The van der Waals surface area contributed by atoms with Crippen molar-refractivity contribution >= 4 is 23.7 Å². The molecular formula is C18H16ClNO5. The minimum Gasteiger partial charge on any atom is -0.506 e. The highest BCUT2D eigenvalue weighted by Gasteiger charge is 2.38. The number of rotatable bonds is 4. The van der Waals surface area contributed by atoms with Crippen LogP contribution < -0.4 is 0 Å². The van der Waals surface area contributed by atoms with Gasteiger partial charge >= 0.3 is 12.1 Å². The molecule has 1 heterocycles. The summed E-state index contributed by atoms with van der Waals surface area (Å²) < 4.78 is 10.2. The first kappa shape index (κ1) is 17.1. The van der Waals surface area contributed by atoms with Gasteiger partial charge in [0.15, 0.2) is 6.73 Å². The molecule has 0 bridgehead atoms. The Bertz CT molecular complexity index is 780. The Morgan fingerprint density at radius 1 is 1.24 bits per heavy atom. The van der Waals surface area contributed by atoms with Gasteiger partial charge in [0.2, 0.25) is 0 Å². The third kappa shape index (κ3) is 4.03. The molecule has 0 spiro atoms. The van der Waals surface area contributed by atoms with Crippen LogP contribution in [0.25, 0.3) is 0 Å². The molecule has 1 saturated heterocycles. The van der Waals surface area contributed by atoms with Gasteiger partial charge in [-0.2, -0.15) is 0 Å². The molecule has 3 rings (SSSR count). The third-order valence-electron chi connectivity index (χ3n) is 3.87. The van der Waals surface area contributed by atoms with Crippen molar-refractivity contribution in [2.45, 2.75) is 19.1 Å². The van der Waals surface area contributed by atoms with Gasteiger partial charge in [0.25, 0.3) is 0 Å². The van der Waals surface area contributed by atoms with E-state index in [9.17, 15) is 14.7 Å². The number of phenols is 1. The molecule has 1 atom stereocenters. The normalized spacial score (nSPS) is 16.6. The van der Waals surface area contributed by atoms with E-state index in [4.69, 9.17) is 21.1 Å². The second-order valence-electron chi connectivity index (χ2n) is 5.61. The number of esters is 1. The van der Waals surface area contributed by atoms with Gasteiger partial charge in [0, 0.05) is 6.42 Å². The second kappa shape index (κ2) is 7.44. The van der Waals surface area contributed by atoms with Crippen LogP contribution in [0.1, 0.15) is 11.1 Å². The van der Waals surface area contributed by atoms with Crippen molar-refractivity contribution < 1.29 is 24.2 Å². The summed E-state index contributed by atoms with van der Waals surface area (Å²) in [4.78, 5) is 25.5. The molecular weight excluding hydrogens is 352 g/mol. The fourth-order valence-corrected chi connectivity index (χ4v) is 2.73. The number of carbonyl (C=O) groups excluding carboxylic acids is 2. The van der Waals surface area contributed by atoms with Gasteiger partial charge in [-0.1, -0.05) is 48.0 Å². The Morgan fingerprint density at radius 2 is 2.00 bits per heavy atom. The zero-order valence-corrected chi connectivity index (χ0v) is 14.0. The maximum atomic E-state index is 12.3. The average Bonchev–Trinajstić information content (AvgIpc) is 2.98. The summed E-state index contributed by atoms with van der Waals surface area (Å²) in [6.45, 7) is -0.0366. The standard InChI is InChI=1S/C18H16ClNO5/c19-14-8-13(6-7-16(14)21)9-15-17(22)25-11-20(15)18(23)24-10-12-4-2-1-3-5-12/h1-8,15,21H,9-11H2/t15-/m0/s1/i6+1,7+1,8+1,13+1,14+1,16+1.